The maximum Gasteiger partial charge on any atom is 0.0992 e. The number of fused-ring (bicyclic) bond motifs is 1. The van der Waals surface area contributed by atoms with E-state index in [1.807, 2.05) is 0 Å². The van der Waals surface area contributed by atoms with E-state index in [4.69, 9.17) is 23.2 Å². The molecule has 2 aliphatic carbocycles. The van der Waals surface area contributed by atoms with Crippen molar-refractivity contribution in [2.75, 3.05) is 6.54 Å². The van der Waals surface area contributed by atoms with Gasteiger partial charge in [-0.15, -0.1) is 11.3 Å². The molecule has 1 nitrogen and oxygen atoms in total. The van der Waals surface area contributed by atoms with Crippen molar-refractivity contribution >= 4 is 34.5 Å². The van der Waals surface area contributed by atoms with Crippen molar-refractivity contribution in [2.45, 2.75) is 45.1 Å². The number of hydrogen-bond acceptors (Lipinski definition) is 2. The van der Waals surface area contributed by atoms with Crippen molar-refractivity contribution in [3.05, 3.63) is 20.3 Å². The maximum atomic E-state index is 6.38. The molecule has 0 aromatic carbocycles. The first kappa shape index (κ1) is 14.2. The third-order valence-electron chi connectivity index (χ3n) is 4.74. The van der Waals surface area contributed by atoms with Gasteiger partial charge in [0.15, 0.2) is 0 Å². The second-order valence-corrected chi connectivity index (χ2v) is 8.19. The van der Waals surface area contributed by atoms with Crippen LogP contribution in [0.3, 0.4) is 0 Å². The van der Waals surface area contributed by atoms with E-state index < -0.39 is 0 Å². The lowest BCUT2D eigenvalue weighted by Gasteiger charge is -2.18. The Bertz CT molecular complexity index is 433. The van der Waals surface area contributed by atoms with E-state index in [1.54, 1.807) is 0 Å². The van der Waals surface area contributed by atoms with Crippen LogP contribution in [0, 0.1) is 17.8 Å². The summed E-state index contributed by atoms with van der Waals surface area (Å²) in [6, 6.07) is 2.50. The van der Waals surface area contributed by atoms with Crippen molar-refractivity contribution < 1.29 is 0 Å². The van der Waals surface area contributed by atoms with Gasteiger partial charge in [0.05, 0.1) is 8.67 Å². The zero-order chi connectivity index (χ0) is 13.4. The van der Waals surface area contributed by atoms with Crippen LogP contribution in [0.5, 0.6) is 0 Å². The minimum atomic E-state index is 0.421. The van der Waals surface area contributed by atoms with Crippen molar-refractivity contribution in [3.63, 3.8) is 0 Å². The molecule has 106 valence electrons. The molecular formula is C15H21Cl2NS. The Balaban J connectivity index is 1.80. The minimum Gasteiger partial charge on any atom is -0.310 e. The molecule has 2 aliphatic rings. The molecule has 1 aromatic heterocycles. The van der Waals surface area contributed by atoms with E-state index in [0.29, 0.717) is 6.04 Å². The van der Waals surface area contributed by atoms with Crippen LogP contribution >= 0.6 is 34.5 Å². The fourth-order valence-electron chi connectivity index (χ4n) is 3.86. The van der Waals surface area contributed by atoms with E-state index in [1.165, 1.54) is 42.6 Å². The van der Waals surface area contributed by atoms with Crippen LogP contribution in [-0.2, 0) is 0 Å². The lowest BCUT2D eigenvalue weighted by molar-refractivity contribution is 0.447. The second-order valence-electron chi connectivity index (χ2n) is 5.90. The molecule has 0 radical (unpaired) electrons. The van der Waals surface area contributed by atoms with Crippen LogP contribution in [0.25, 0.3) is 0 Å². The molecule has 3 atom stereocenters. The van der Waals surface area contributed by atoms with Gasteiger partial charge in [-0.25, -0.2) is 0 Å². The summed E-state index contributed by atoms with van der Waals surface area (Å²) in [5, 5.41) is 3.72. The smallest absolute Gasteiger partial charge is 0.0992 e. The molecular weight excluding hydrogens is 297 g/mol. The number of nitrogens with one attached hydrogen (secondary N) is 1. The standard InChI is InChI=1S/C15H21Cl2NS/c1-2-7-18-14(11-8-12(16)19-15(11)17)13-9-5-3-4-6-10(9)13/h8-10,13-14,18H,2-7H2,1H3. The summed E-state index contributed by atoms with van der Waals surface area (Å²) in [6.07, 6.45) is 6.81. The first-order valence-electron chi connectivity index (χ1n) is 7.40. The van der Waals surface area contributed by atoms with Crippen LogP contribution in [-0.4, -0.2) is 6.54 Å². The number of rotatable bonds is 5. The van der Waals surface area contributed by atoms with Crippen molar-refractivity contribution in [1.29, 1.82) is 0 Å². The molecule has 1 N–H and O–H groups in total. The Kier molecular flexibility index (Phi) is 4.43. The average Bonchev–Trinajstić information content (AvgIpc) is 3.02. The Labute approximate surface area is 129 Å². The molecule has 0 saturated heterocycles. The summed E-state index contributed by atoms with van der Waals surface area (Å²) in [5.41, 5.74) is 1.24. The third kappa shape index (κ3) is 2.83. The zero-order valence-electron chi connectivity index (χ0n) is 11.3. The Morgan fingerprint density at radius 2 is 2.00 bits per heavy atom. The molecule has 4 heteroatoms. The van der Waals surface area contributed by atoms with Gasteiger partial charge in [0.2, 0.25) is 0 Å². The first-order valence-corrected chi connectivity index (χ1v) is 8.97. The fraction of sp³-hybridized carbons (Fsp3) is 0.733. The van der Waals surface area contributed by atoms with Gasteiger partial charge in [-0.2, -0.15) is 0 Å². The fourth-order valence-corrected chi connectivity index (χ4v) is 5.41. The number of halogens is 2. The largest absolute Gasteiger partial charge is 0.310 e. The number of hydrogen-bond donors (Lipinski definition) is 1. The summed E-state index contributed by atoms with van der Waals surface area (Å²) in [6.45, 7) is 3.27. The van der Waals surface area contributed by atoms with Crippen LogP contribution in [0.4, 0.5) is 0 Å². The summed E-state index contributed by atoms with van der Waals surface area (Å²) in [4.78, 5) is 0. The van der Waals surface area contributed by atoms with E-state index >= 15 is 0 Å². The van der Waals surface area contributed by atoms with Crippen molar-refractivity contribution in [3.8, 4) is 0 Å². The minimum absolute atomic E-state index is 0.421. The Hall–Kier alpha value is 0.240. The highest BCUT2D eigenvalue weighted by Crippen LogP contribution is 2.61. The molecule has 1 aromatic rings. The molecule has 0 spiro atoms. The molecule has 0 bridgehead atoms. The molecule has 0 aliphatic heterocycles. The van der Waals surface area contributed by atoms with Gasteiger partial charge >= 0.3 is 0 Å². The quantitative estimate of drug-likeness (QED) is 0.752. The SMILES string of the molecule is CCCNC(c1cc(Cl)sc1Cl)C1C2CCCCC21. The van der Waals surface area contributed by atoms with Gasteiger partial charge in [0.1, 0.15) is 0 Å². The normalized spacial score (nSPS) is 31.0. The molecule has 19 heavy (non-hydrogen) atoms. The first-order chi connectivity index (χ1) is 9.22. The second kappa shape index (κ2) is 5.93. The van der Waals surface area contributed by atoms with Crippen LogP contribution in [0.15, 0.2) is 6.07 Å². The van der Waals surface area contributed by atoms with Crippen LogP contribution in [0.1, 0.15) is 50.6 Å². The zero-order valence-corrected chi connectivity index (χ0v) is 13.6. The predicted octanol–water partition coefficient (Wildman–Crippen LogP) is 5.53. The molecule has 0 amide bonds. The van der Waals surface area contributed by atoms with E-state index in [-0.39, 0.29) is 0 Å². The average molecular weight is 318 g/mol. The highest BCUT2D eigenvalue weighted by molar-refractivity contribution is 7.20. The highest BCUT2D eigenvalue weighted by Gasteiger charge is 2.54. The molecule has 2 saturated carbocycles. The van der Waals surface area contributed by atoms with Crippen LogP contribution < -0.4 is 5.32 Å². The molecule has 3 rings (SSSR count). The Morgan fingerprint density at radius 3 is 2.53 bits per heavy atom. The van der Waals surface area contributed by atoms with Gasteiger partial charge in [-0.3, -0.25) is 0 Å². The third-order valence-corrected chi connectivity index (χ3v) is 6.26. The molecule has 2 fully saturated rings. The van der Waals surface area contributed by atoms with Crippen LogP contribution in [0.2, 0.25) is 8.67 Å². The maximum absolute atomic E-state index is 6.38. The summed E-state index contributed by atoms with van der Waals surface area (Å²) in [5.74, 6) is 2.65. The summed E-state index contributed by atoms with van der Waals surface area (Å²) >= 11 is 14.0. The molecule has 3 unspecified atom stereocenters. The summed E-state index contributed by atoms with van der Waals surface area (Å²) in [7, 11) is 0. The lowest BCUT2D eigenvalue weighted by Crippen LogP contribution is -2.24. The van der Waals surface area contributed by atoms with E-state index in [2.05, 4.69) is 18.3 Å². The van der Waals surface area contributed by atoms with E-state index in [0.717, 1.165) is 39.4 Å². The van der Waals surface area contributed by atoms with Gasteiger partial charge in [-0.1, -0.05) is 43.0 Å². The van der Waals surface area contributed by atoms with Gasteiger partial charge in [0, 0.05) is 11.6 Å². The van der Waals surface area contributed by atoms with Crippen molar-refractivity contribution in [2.24, 2.45) is 17.8 Å². The lowest BCUT2D eigenvalue weighted by atomic mass is 10.0. The topological polar surface area (TPSA) is 12.0 Å². The number of thiophene rings is 1. The van der Waals surface area contributed by atoms with E-state index in [9.17, 15) is 0 Å². The van der Waals surface area contributed by atoms with Gasteiger partial charge < -0.3 is 5.32 Å². The van der Waals surface area contributed by atoms with Crippen molar-refractivity contribution in [1.82, 2.24) is 5.32 Å². The van der Waals surface area contributed by atoms with Gasteiger partial charge in [-0.05, 0) is 49.6 Å². The predicted molar refractivity (Wildman–Crippen MR) is 84.3 cm³/mol. The molecule has 1 heterocycles. The summed E-state index contributed by atoms with van der Waals surface area (Å²) < 4.78 is 1.69. The highest BCUT2D eigenvalue weighted by atomic mass is 35.5. The van der Waals surface area contributed by atoms with Gasteiger partial charge in [0.25, 0.3) is 0 Å². The monoisotopic (exact) mass is 317 g/mol. The Morgan fingerprint density at radius 1 is 1.32 bits per heavy atom.